The van der Waals surface area contributed by atoms with Gasteiger partial charge in [0.1, 0.15) is 0 Å². The van der Waals surface area contributed by atoms with Gasteiger partial charge in [0.2, 0.25) is 0 Å². The van der Waals surface area contributed by atoms with Gasteiger partial charge in [-0.2, -0.15) is 0 Å². The van der Waals surface area contributed by atoms with Crippen molar-refractivity contribution in [1.82, 2.24) is 0 Å². The summed E-state index contributed by atoms with van der Waals surface area (Å²) < 4.78 is 0. The molecule has 3 heteroatoms. The van der Waals surface area contributed by atoms with Crippen LogP contribution in [-0.4, -0.2) is 6.03 Å². The number of amides is 2. The number of nitrogens with two attached hydrogens (primary N) is 1. The predicted molar refractivity (Wildman–Crippen MR) is 72.7 cm³/mol. The third-order valence-electron chi connectivity index (χ3n) is 4.35. The first-order valence-corrected chi connectivity index (χ1v) is 6.94. The Morgan fingerprint density at radius 2 is 2.11 bits per heavy atom. The van der Waals surface area contributed by atoms with Gasteiger partial charge in [-0.15, -0.1) is 0 Å². The lowest BCUT2D eigenvalue weighted by Crippen LogP contribution is -2.22. The molecule has 1 saturated carbocycles. The van der Waals surface area contributed by atoms with E-state index in [0.29, 0.717) is 0 Å². The van der Waals surface area contributed by atoms with Crippen LogP contribution in [0.25, 0.3) is 0 Å². The highest BCUT2D eigenvalue weighted by molar-refractivity contribution is 5.90. The molecule has 0 bridgehead atoms. The van der Waals surface area contributed by atoms with E-state index in [0.717, 1.165) is 30.9 Å². The van der Waals surface area contributed by atoms with E-state index in [9.17, 15) is 4.79 Å². The number of fused-ring (bicyclic) bond motifs is 1. The minimum Gasteiger partial charge on any atom is -0.351 e. The highest BCUT2D eigenvalue weighted by Gasteiger charge is 2.23. The maximum absolute atomic E-state index is 11.2. The number of nitrogens with one attached hydrogen (secondary N) is 1. The Morgan fingerprint density at radius 1 is 1.28 bits per heavy atom. The van der Waals surface area contributed by atoms with Gasteiger partial charge < -0.3 is 11.1 Å². The molecule has 2 amide bonds. The molecular weight excluding hydrogens is 224 g/mol. The highest BCUT2D eigenvalue weighted by Crippen LogP contribution is 2.36. The van der Waals surface area contributed by atoms with Crippen LogP contribution in [0, 0.1) is 5.92 Å². The number of rotatable bonds is 3. The molecule has 3 nitrogen and oxygen atoms in total. The fourth-order valence-corrected chi connectivity index (χ4v) is 3.17. The third-order valence-corrected chi connectivity index (χ3v) is 4.35. The molecule has 2 aliphatic rings. The molecule has 0 spiro atoms. The zero-order chi connectivity index (χ0) is 12.5. The zero-order valence-electron chi connectivity index (χ0n) is 10.7. The van der Waals surface area contributed by atoms with Crippen molar-refractivity contribution < 1.29 is 4.79 Å². The van der Waals surface area contributed by atoms with E-state index in [1.165, 1.54) is 42.4 Å². The predicted octanol–water partition coefficient (Wildman–Crippen LogP) is 3.01. The average Bonchev–Trinajstić information content (AvgIpc) is 2.73. The molecule has 1 aromatic rings. The second-order valence-electron chi connectivity index (χ2n) is 5.58. The van der Waals surface area contributed by atoms with Gasteiger partial charge in [0.05, 0.1) is 0 Å². The van der Waals surface area contributed by atoms with Crippen molar-refractivity contribution in [3.8, 4) is 0 Å². The van der Waals surface area contributed by atoms with Gasteiger partial charge in [0.15, 0.2) is 0 Å². The van der Waals surface area contributed by atoms with Gasteiger partial charge in [-0.05, 0) is 48.3 Å². The van der Waals surface area contributed by atoms with Crippen LogP contribution in [0.15, 0.2) is 12.1 Å². The second kappa shape index (κ2) is 4.63. The van der Waals surface area contributed by atoms with Crippen molar-refractivity contribution in [3.05, 3.63) is 28.8 Å². The lowest BCUT2D eigenvalue weighted by atomic mass is 9.80. The monoisotopic (exact) mass is 244 g/mol. The molecule has 18 heavy (non-hydrogen) atoms. The number of hydrogen-bond donors (Lipinski definition) is 2. The van der Waals surface area contributed by atoms with Gasteiger partial charge in [-0.25, -0.2) is 4.79 Å². The largest absolute Gasteiger partial charge is 0.351 e. The number of carbonyl (C=O) groups excluding carboxylic acids is 1. The summed E-state index contributed by atoms with van der Waals surface area (Å²) in [5.74, 6) is 0.804. The lowest BCUT2D eigenvalue weighted by Gasteiger charge is -2.27. The van der Waals surface area contributed by atoms with Crippen molar-refractivity contribution >= 4 is 11.7 Å². The van der Waals surface area contributed by atoms with E-state index in [4.69, 9.17) is 5.73 Å². The maximum atomic E-state index is 11.2. The number of benzene rings is 1. The molecular formula is C15H20N2O. The number of aryl methyl sites for hydroxylation is 1. The fourth-order valence-electron chi connectivity index (χ4n) is 3.17. The minimum atomic E-state index is -0.440. The maximum Gasteiger partial charge on any atom is 0.316 e. The van der Waals surface area contributed by atoms with Crippen LogP contribution < -0.4 is 11.1 Å². The molecule has 0 heterocycles. The molecule has 96 valence electrons. The van der Waals surface area contributed by atoms with Crippen LogP contribution in [0.2, 0.25) is 0 Å². The highest BCUT2D eigenvalue weighted by atomic mass is 16.2. The lowest BCUT2D eigenvalue weighted by molar-refractivity contribution is 0.259. The Morgan fingerprint density at radius 3 is 2.78 bits per heavy atom. The van der Waals surface area contributed by atoms with E-state index in [-0.39, 0.29) is 0 Å². The topological polar surface area (TPSA) is 55.1 Å². The first-order valence-electron chi connectivity index (χ1n) is 6.94. The summed E-state index contributed by atoms with van der Waals surface area (Å²) in [4.78, 5) is 11.2. The van der Waals surface area contributed by atoms with E-state index in [1.54, 1.807) is 0 Å². The summed E-state index contributed by atoms with van der Waals surface area (Å²) >= 11 is 0. The number of primary amides is 1. The second-order valence-corrected chi connectivity index (χ2v) is 5.58. The molecule has 1 fully saturated rings. The fraction of sp³-hybridized carbons (Fsp3) is 0.533. The molecule has 0 aromatic heterocycles. The molecule has 3 rings (SSSR count). The smallest absolute Gasteiger partial charge is 0.316 e. The number of anilines is 1. The normalized spacial score (nSPS) is 18.2. The molecule has 0 atom stereocenters. The molecule has 0 unspecified atom stereocenters. The van der Waals surface area contributed by atoms with Gasteiger partial charge in [-0.1, -0.05) is 31.4 Å². The van der Waals surface area contributed by atoms with Crippen molar-refractivity contribution in [2.75, 3.05) is 5.32 Å². The number of hydrogen-bond acceptors (Lipinski definition) is 1. The summed E-state index contributed by atoms with van der Waals surface area (Å²) in [7, 11) is 0. The Bertz CT molecular complexity index is 478. The van der Waals surface area contributed by atoms with Gasteiger partial charge in [0, 0.05) is 5.69 Å². The first-order chi connectivity index (χ1) is 8.74. The molecule has 2 aliphatic carbocycles. The minimum absolute atomic E-state index is 0.440. The third kappa shape index (κ3) is 2.09. The molecule has 0 aliphatic heterocycles. The molecule has 0 saturated heterocycles. The van der Waals surface area contributed by atoms with Gasteiger partial charge in [-0.3, -0.25) is 0 Å². The number of carbonyl (C=O) groups is 1. The van der Waals surface area contributed by atoms with E-state index >= 15 is 0 Å². The Kier molecular flexibility index (Phi) is 2.98. The van der Waals surface area contributed by atoms with Crippen LogP contribution in [0.1, 0.15) is 42.4 Å². The van der Waals surface area contributed by atoms with E-state index in [1.807, 2.05) is 0 Å². The number of urea groups is 1. The molecule has 0 radical (unpaired) electrons. The average molecular weight is 244 g/mol. The van der Waals surface area contributed by atoms with Crippen molar-refractivity contribution in [2.24, 2.45) is 11.7 Å². The Balaban J connectivity index is 1.93. The van der Waals surface area contributed by atoms with Crippen molar-refractivity contribution in [2.45, 2.75) is 44.9 Å². The van der Waals surface area contributed by atoms with Crippen LogP contribution >= 0.6 is 0 Å². The van der Waals surface area contributed by atoms with Crippen LogP contribution in [-0.2, 0) is 19.3 Å². The first kappa shape index (κ1) is 11.6. The summed E-state index contributed by atoms with van der Waals surface area (Å²) in [6, 6.07) is 3.99. The standard InChI is InChI=1S/C15H20N2O/c16-15(18)17-14-12(9-10-3-1-4-10)8-7-11-5-2-6-13(11)14/h7-8,10H,1-6,9H2,(H3,16,17,18). The quantitative estimate of drug-likeness (QED) is 0.843. The summed E-state index contributed by atoms with van der Waals surface area (Å²) in [6.45, 7) is 0. The van der Waals surface area contributed by atoms with Gasteiger partial charge in [0.25, 0.3) is 0 Å². The van der Waals surface area contributed by atoms with Crippen LogP contribution in [0.5, 0.6) is 0 Å². The summed E-state index contributed by atoms with van der Waals surface area (Å²) in [5, 5.41) is 2.87. The van der Waals surface area contributed by atoms with Gasteiger partial charge >= 0.3 is 6.03 Å². The molecule has 1 aromatic carbocycles. The van der Waals surface area contributed by atoms with E-state index < -0.39 is 6.03 Å². The van der Waals surface area contributed by atoms with Crippen molar-refractivity contribution in [3.63, 3.8) is 0 Å². The Labute approximate surface area is 108 Å². The van der Waals surface area contributed by atoms with Crippen LogP contribution in [0.3, 0.4) is 0 Å². The zero-order valence-corrected chi connectivity index (χ0v) is 10.7. The molecule has 3 N–H and O–H groups in total. The summed E-state index contributed by atoms with van der Waals surface area (Å²) in [5.41, 5.74) is 10.3. The van der Waals surface area contributed by atoms with Crippen molar-refractivity contribution in [1.29, 1.82) is 0 Å². The van der Waals surface area contributed by atoms with E-state index in [2.05, 4.69) is 17.4 Å². The van der Waals surface area contributed by atoms with Crippen LogP contribution in [0.4, 0.5) is 10.5 Å². The Hall–Kier alpha value is -1.51. The summed E-state index contributed by atoms with van der Waals surface area (Å²) in [6.07, 6.45) is 8.49. The SMILES string of the molecule is NC(=O)Nc1c(CC2CCC2)ccc2c1CCC2.